The van der Waals surface area contributed by atoms with E-state index >= 15 is 0 Å². The number of amides is 1. The first kappa shape index (κ1) is 15.1. The zero-order chi connectivity index (χ0) is 16.4. The van der Waals surface area contributed by atoms with Crippen LogP contribution in [0.25, 0.3) is 0 Å². The number of fused-ring (bicyclic) bond motifs is 1. The van der Waals surface area contributed by atoms with Gasteiger partial charge in [0, 0.05) is 17.8 Å². The standard InChI is InChI=1S/C16H13F2NO4/c1-9(23-11-3-4-12(17)13(18)7-11)16(20)19-10-2-5-14-15(6-10)22-8-21-14/h2-7,9H,8H2,1H3,(H,19,20)/t9-/m1/s1. The van der Waals surface area contributed by atoms with Crippen molar-refractivity contribution in [2.45, 2.75) is 13.0 Å². The Balaban J connectivity index is 1.64. The Kier molecular flexibility index (Phi) is 4.01. The number of ether oxygens (including phenoxy) is 3. The van der Waals surface area contributed by atoms with Crippen LogP contribution in [-0.2, 0) is 4.79 Å². The number of carbonyl (C=O) groups is 1. The first-order valence-electron chi connectivity index (χ1n) is 6.85. The summed E-state index contributed by atoms with van der Waals surface area (Å²) in [6.07, 6.45) is -0.898. The topological polar surface area (TPSA) is 56.8 Å². The first-order chi connectivity index (χ1) is 11.0. The van der Waals surface area contributed by atoms with Crippen LogP contribution in [0.4, 0.5) is 14.5 Å². The molecule has 0 aliphatic carbocycles. The van der Waals surface area contributed by atoms with E-state index in [1.807, 2.05) is 0 Å². The van der Waals surface area contributed by atoms with Crippen LogP contribution in [0.2, 0.25) is 0 Å². The molecule has 1 N–H and O–H groups in total. The second kappa shape index (κ2) is 6.12. The molecule has 23 heavy (non-hydrogen) atoms. The molecule has 3 rings (SSSR count). The molecule has 0 saturated carbocycles. The summed E-state index contributed by atoms with van der Waals surface area (Å²) < 4.78 is 41.7. The first-order valence-corrected chi connectivity index (χ1v) is 6.85. The molecule has 1 aliphatic heterocycles. The molecule has 0 saturated heterocycles. The van der Waals surface area contributed by atoms with Gasteiger partial charge in [-0.15, -0.1) is 0 Å². The molecule has 0 unspecified atom stereocenters. The largest absolute Gasteiger partial charge is 0.481 e. The van der Waals surface area contributed by atoms with E-state index < -0.39 is 23.6 Å². The Morgan fingerprint density at radius 3 is 2.70 bits per heavy atom. The number of hydrogen-bond donors (Lipinski definition) is 1. The molecule has 0 fully saturated rings. The number of carbonyl (C=O) groups excluding carboxylic acids is 1. The van der Waals surface area contributed by atoms with Gasteiger partial charge >= 0.3 is 0 Å². The van der Waals surface area contributed by atoms with Crippen LogP contribution in [0.3, 0.4) is 0 Å². The van der Waals surface area contributed by atoms with Crippen molar-refractivity contribution in [3.8, 4) is 17.2 Å². The zero-order valence-electron chi connectivity index (χ0n) is 12.1. The average Bonchev–Trinajstić information content (AvgIpc) is 2.98. The number of nitrogens with one attached hydrogen (secondary N) is 1. The Hall–Kier alpha value is -2.83. The van der Waals surface area contributed by atoms with Crippen LogP contribution in [0.5, 0.6) is 17.2 Å². The molecular weight excluding hydrogens is 308 g/mol. The third-order valence-corrected chi connectivity index (χ3v) is 3.21. The fraction of sp³-hybridized carbons (Fsp3) is 0.188. The summed E-state index contributed by atoms with van der Waals surface area (Å²) in [5, 5.41) is 2.65. The van der Waals surface area contributed by atoms with Crippen LogP contribution in [-0.4, -0.2) is 18.8 Å². The third-order valence-electron chi connectivity index (χ3n) is 3.21. The molecule has 2 aromatic carbocycles. The molecule has 0 aromatic heterocycles. The second-order valence-electron chi connectivity index (χ2n) is 4.89. The molecule has 1 aliphatic rings. The molecule has 5 nitrogen and oxygen atoms in total. The highest BCUT2D eigenvalue weighted by Gasteiger charge is 2.18. The smallest absolute Gasteiger partial charge is 0.265 e. The fourth-order valence-electron chi connectivity index (χ4n) is 2.03. The molecular formula is C16H13F2NO4. The molecule has 0 spiro atoms. The minimum Gasteiger partial charge on any atom is -0.481 e. The summed E-state index contributed by atoms with van der Waals surface area (Å²) in [6, 6.07) is 8.05. The molecule has 0 bridgehead atoms. The van der Waals surface area contributed by atoms with Gasteiger partial charge in [0.05, 0.1) is 0 Å². The van der Waals surface area contributed by atoms with Crippen LogP contribution >= 0.6 is 0 Å². The Morgan fingerprint density at radius 1 is 1.13 bits per heavy atom. The van der Waals surface area contributed by atoms with Gasteiger partial charge in [0.1, 0.15) is 5.75 Å². The minimum atomic E-state index is -1.04. The van der Waals surface area contributed by atoms with Gasteiger partial charge < -0.3 is 19.5 Å². The maximum atomic E-state index is 13.1. The van der Waals surface area contributed by atoms with E-state index in [-0.39, 0.29) is 12.5 Å². The van der Waals surface area contributed by atoms with Gasteiger partial charge in [0.25, 0.3) is 5.91 Å². The molecule has 1 heterocycles. The van der Waals surface area contributed by atoms with E-state index in [4.69, 9.17) is 14.2 Å². The Bertz CT molecular complexity index is 751. The second-order valence-corrected chi connectivity index (χ2v) is 4.89. The SMILES string of the molecule is C[C@@H](Oc1ccc(F)c(F)c1)C(=O)Nc1ccc2c(c1)OCO2. The van der Waals surface area contributed by atoms with Gasteiger partial charge in [0.15, 0.2) is 29.2 Å². The van der Waals surface area contributed by atoms with E-state index in [1.165, 1.54) is 13.0 Å². The summed E-state index contributed by atoms with van der Waals surface area (Å²) in [7, 11) is 0. The summed E-state index contributed by atoms with van der Waals surface area (Å²) in [6.45, 7) is 1.64. The average molecular weight is 321 g/mol. The number of hydrogen-bond acceptors (Lipinski definition) is 4. The van der Waals surface area contributed by atoms with Gasteiger partial charge in [-0.3, -0.25) is 4.79 Å². The van der Waals surface area contributed by atoms with Crippen molar-refractivity contribution in [1.82, 2.24) is 0 Å². The Morgan fingerprint density at radius 2 is 1.91 bits per heavy atom. The molecule has 2 aromatic rings. The summed E-state index contributed by atoms with van der Waals surface area (Å²) in [5.74, 6) is -1.24. The van der Waals surface area contributed by atoms with Gasteiger partial charge in [-0.1, -0.05) is 0 Å². The van der Waals surface area contributed by atoms with Crippen LogP contribution in [0, 0.1) is 11.6 Å². The highest BCUT2D eigenvalue weighted by molar-refractivity contribution is 5.94. The number of halogens is 2. The summed E-state index contributed by atoms with van der Waals surface area (Å²) in [5.41, 5.74) is 0.514. The lowest BCUT2D eigenvalue weighted by atomic mass is 10.2. The third kappa shape index (κ3) is 3.33. The van der Waals surface area contributed by atoms with Crippen LogP contribution in [0.1, 0.15) is 6.92 Å². The lowest BCUT2D eigenvalue weighted by molar-refractivity contribution is -0.122. The minimum absolute atomic E-state index is 0.0669. The monoisotopic (exact) mass is 321 g/mol. The van der Waals surface area contributed by atoms with E-state index in [1.54, 1.807) is 18.2 Å². The maximum Gasteiger partial charge on any atom is 0.265 e. The predicted molar refractivity (Wildman–Crippen MR) is 77.6 cm³/mol. The van der Waals surface area contributed by atoms with Crippen molar-refractivity contribution in [2.24, 2.45) is 0 Å². The van der Waals surface area contributed by atoms with Gasteiger partial charge in [0.2, 0.25) is 6.79 Å². The molecule has 1 amide bonds. The molecule has 120 valence electrons. The van der Waals surface area contributed by atoms with Crippen molar-refractivity contribution < 1.29 is 27.8 Å². The summed E-state index contributed by atoms with van der Waals surface area (Å²) in [4.78, 5) is 12.1. The van der Waals surface area contributed by atoms with Crippen molar-refractivity contribution >= 4 is 11.6 Å². The quantitative estimate of drug-likeness (QED) is 0.940. The molecule has 0 radical (unpaired) electrons. The highest BCUT2D eigenvalue weighted by atomic mass is 19.2. The van der Waals surface area contributed by atoms with Crippen LogP contribution < -0.4 is 19.5 Å². The number of benzene rings is 2. The Labute approximate surface area is 130 Å². The fourth-order valence-corrected chi connectivity index (χ4v) is 2.03. The van der Waals surface area contributed by atoms with Crippen LogP contribution in [0.15, 0.2) is 36.4 Å². The van der Waals surface area contributed by atoms with Gasteiger partial charge in [-0.2, -0.15) is 0 Å². The molecule has 7 heteroatoms. The number of rotatable bonds is 4. The van der Waals surface area contributed by atoms with E-state index in [0.29, 0.717) is 17.2 Å². The van der Waals surface area contributed by atoms with E-state index in [2.05, 4.69) is 5.32 Å². The molecule has 1 atom stereocenters. The van der Waals surface area contributed by atoms with Gasteiger partial charge in [-0.25, -0.2) is 8.78 Å². The lowest BCUT2D eigenvalue weighted by Crippen LogP contribution is -2.30. The maximum absolute atomic E-state index is 13.1. The normalized spacial score (nSPS) is 13.5. The van der Waals surface area contributed by atoms with Crippen molar-refractivity contribution in [2.75, 3.05) is 12.1 Å². The van der Waals surface area contributed by atoms with E-state index in [0.717, 1.165) is 12.1 Å². The van der Waals surface area contributed by atoms with Gasteiger partial charge in [-0.05, 0) is 31.2 Å². The highest BCUT2D eigenvalue weighted by Crippen LogP contribution is 2.34. The zero-order valence-corrected chi connectivity index (χ0v) is 12.1. The van der Waals surface area contributed by atoms with Crippen molar-refractivity contribution in [3.05, 3.63) is 48.0 Å². The van der Waals surface area contributed by atoms with Crippen molar-refractivity contribution in [1.29, 1.82) is 0 Å². The number of anilines is 1. The van der Waals surface area contributed by atoms with Crippen molar-refractivity contribution in [3.63, 3.8) is 0 Å². The van der Waals surface area contributed by atoms with E-state index in [9.17, 15) is 13.6 Å². The predicted octanol–water partition coefficient (Wildman–Crippen LogP) is 3.10. The summed E-state index contributed by atoms with van der Waals surface area (Å²) >= 11 is 0. The lowest BCUT2D eigenvalue weighted by Gasteiger charge is -2.15.